The second kappa shape index (κ2) is 6.06. The maximum atomic E-state index is 3.14. The predicted octanol–water partition coefficient (Wildman–Crippen LogP) is 2.45. The van der Waals surface area contributed by atoms with Crippen molar-refractivity contribution in [3.8, 4) is 0 Å². The van der Waals surface area contributed by atoms with Gasteiger partial charge in [-0.2, -0.15) is 11.8 Å². The molecule has 1 nitrogen and oxygen atoms in total. The van der Waals surface area contributed by atoms with E-state index in [9.17, 15) is 0 Å². The van der Waals surface area contributed by atoms with Crippen LogP contribution < -0.4 is 5.32 Å². The van der Waals surface area contributed by atoms with Crippen LogP contribution in [0.15, 0.2) is 24.3 Å². The Labute approximate surface area is 84.9 Å². The second-order valence-corrected chi connectivity index (χ2v) is 4.25. The maximum Gasteiger partial charge on any atom is 0.0185 e. The highest BCUT2D eigenvalue weighted by Gasteiger charge is 1.93. The number of benzene rings is 1. The van der Waals surface area contributed by atoms with Gasteiger partial charge < -0.3 is 5.32 Å². The minimum absolute atomic E-state index is 1.09. The first-order valence-corrected chi connectivity index (χ1v) is 5.76. The molecule has 0 fully saturated rings. The van der Waals surface area contributed by atoms with Crippen molar-refractivity contribution in [2.24, 2.45) is 0 Å². The molecule has 1 aromatic rings. The molecule has 13 heavy (non-hydrogen) atoms. The van der Waals surface area contributed by atoms with Crippen molar-refractivity contribution in [3.63, 3.8) is 0 Å². The van der Waals surface area contributed by atoms with Crippen molar-refractivity contribution in [3.05, 3.63) is 35.4 Å². The Balaban J connectivity index is 2.28. The number of nitrogens with one attached hydrogen (secondary N) is 1. The molecule has 0 aromatic heterocycles. The fourth-order valence-electron chi connectivity index (χ4n) is 1.17. The van der Waals surface area contributed by atoms with Crippen molar-refractivity contribution in [2.45, 2.75) is 12.7 Å². The van der Waals surface area contributed by atoms with Crippen LogP contribution in [-0.2, 0) is 5.75 Å². The Morgan fingerprint density at radius 2 is 2.23 bits per heavy atom. The fourth-order valence-corrected chi connectivity index (χ4v) is 2.07. The molecule has 0 aliphatic heterocycles. The van der Waals surface area contributed by atoms with E-state index in [1.165, 1.54) is 16.9 Å². The predicted molar refractivity (Wildman–Crippen MR) is 61.3 cm³/mol. The van der Waals surface area contributed by atoms with E-state index >= 15 is 0 Å². The van der Waals surface area contributed by atoms with Crippen LogP contribution in [0.25, 0.3) is 0 Å². The minimum Gasteiger partial charge on any atom is -0.319 e. The van der Waals surface area contributed by atoms with Crippen molar-refractivity contribution in [1.82, 2.24) is 5.32 Å². The summed E-state index contributed by atoms with van der Waals surface area (Å²) in [5.74, 6) is 2.31. The van der Waals surface area contributed by atoms with Gasteiger partial charge >= 0.3 is 0 Å². The van der Waals surface area contributed by atoms with Crippen LogP contribution in [0, 0.1) is 6.92 Å². The van der Waals surface area contributed by atoms with E-state index in [-0.39, 0.29) is 0 Å². The third-order valence-electron chi connectivity index (χ3n) is 1.85. The Kier molecular flexibility index (Phi) is 4.94. The summed E-state index contributed by atoms with van der Waals surface area (Å²) in [6.07, 6.45) is 0. The van der Waals surface area contributed by atoms with Crippen LogP contribution in [0.2, 0.25) is 0 Å². The number of aryl methyl sites for hydroxylation is 1. The zero-order valence-corrected chi connectivity index (χ0v) is 9.16. The van der Waals surface area contributed by atoms with Crippen LogP contribution in [-0.4, -0.2) is 19.3 Å². The fraction of sp³-hybridized carbons (Fsp3) is 0.455. The highest BCUT2D eigenvalue weighted by Crippen LogP contribution is 2.12. The van der Waals surface area contributed by atoms with Gasteiger partial charge in [-0.3, -0.25) is 0 Å². The van der Waals surface area contributed by atoms with Gasteiger partial charge in [0, 0.05) is 18.1 Å². The lowest BCUT2D eigenvalue weighted by Gasteiger charge is -2.02. The average Bonchev–Trinajstić information content (AvgIpc) is 2.13. The molecule has 0 unspecified atom stereocenters. The molecule has 72 valence electrons. The topological polar surface area (TPSA) is 12.0 Å². The standard InChI is InChI=1S/C11H17NS/c1-10-4-3-5-11(8-10)9-13-7-6-12-2/h3-5,8,12H,6-7,9H2,1-2H3. The van der Waals surface area contributed by atoms with E-state index in [2.05, 4.69) is 36.5 Å². The maximum absolute atomic E-state index is 3.14. The summed E-state index contributed by atoms with van der Waals surface area (Å²) in [6.45, 7) is 3.23. The molecule has 0 heterocycles. The highest BCUT2D eigenvalue weighted by atomic mass is 32.2. The summed E-state index contributed by atoms with van der Waals surface area (Å²) in [5, 5.41) is 3.14. The normalized spacial score (nSPS) is 10.3. The first-order chi connectivity index (χ1) is 6.33. The van der Waals surface area contributed by atoms with E-state index in [1.807, 2.05) is 18.8 Å². The number of hydrogen-bond donors (Lipinski definition) is 1. The zero-order valence-electron chi connectivity index (χ0n) is 8.34. The Bertz CT molecular complexity index is 248. The van der Waals surface area contributed by atoms with E-state index in [1.54, 1.807) is 0 Å². The van der Waals surface area contributed by atoms with Crippen LogP contribution in [0.5, 0.6) is 0 Å². The lowest BCUT2D eigenvalue weighted by molar-refractivity contribution is 0.872. The van der Waals surface area contributed by atoms with Gasteiger partial charge in [0.2, 0.25) is 0 Å². The van der Waals surface area contributed by atoms with E-state index < -0.39 is 0 Å². The Morgan fingerprint density at radius 3 is 2.92 bits per heavy atom. The number of thioether (sulfide) groups is 1. The monoisotopic (exact) mass is 195 g/mol. The lowest BCUT2D eigenvalue weighted by atomic mass is 10.2. The van der Waals surface area contributed by atoms with Gasteiger partial charge in [-0.25, -0.2) is 0 Å². The molecular formula is C11H17NS. The van der Waals surface area contributed by atoms with Crippen molar-refractivity contribution >= 4 is 11.8 Å². The van der Waals surface area contributed by atoms with Crippen molar-refractivity contribution < 1.29 is 0 Å². The summed E-state index contributed by atoms with van der Waals surface area (Å²) in [7, 11) is 1.99. The average molecular weight is 195 g/mol. The molecule has 1 rings (SSSR count). The summed E-state index contributed by atoms with van der Waals surface area (Å²) >= 11 is 1.98. The molecule has 0 spiro atoms. The molecule has 0 radical (unpaired) electrons. The molecule has 0 aliphatic rings. The molecule has 0 bridgehead atoms. The summed E-state index contributed by atoms with van der Waals surface area (Å²) in [5.41, 5.74) is 2.79. The summed E-state index contributed by atoms with van der Waals surface area (Å²) in [4.78, 5) is 0. The largest absolute Gasteiger partial charge is 0.319 e. The lowest BCUT2D eigenvalue weighted by Crippen LogP contribution is -2.09. The van der Waals surface area contributed by atoms with Crippen LogP contribution >= 0.6 is 11.8 Å². The number of hydrogen-bond acceptors (Lipinski definition) is 2. The molecule has 0 saturated carbocycles. The Morgan fingerprint density at radius 1 is 1.38 bits per heavy atom. The van der Waals surface area contributed by atoms with E-state index in [0.29, 0.717) is 0 Å². The molecule has 2 heteroatoms. The van der Waals surface area contributed by atoms with Gasteiger partial charge in [0.05, 0.1) is 0 Å². The molecule has 0 aliphatic carbocycles. The quantitative estimate of drug-likeness (QED) is 0.724. The van der Waals surface area contributed by atoms with Gasteiger partial charge in [-0.05, 0) is 19.5 Å². The van der Waals surface area contributed by atoms with Crippen LogP contribution in [0.1, 0.15) is 11.1 Å². The molecule has 0 amide bonds. The molecule has 0 saturated heterocycles. The Hall–Kier alpha value is -0.470. The molecule has 1 aromatic carbocycles. The summed E-state index contributed by atoms with van der Waals surface area (Å²) in [6, 6.07) is 8.72. The van der Waals surface area contributed by atoms with E-state index in [4.69, 9.17) is 0 Å². The SMILES string of the molecule is CNCCSCc1cccc(C)c1. The van der Waals surface area contributed by atoms with Gasteiger partial charge in [-0.15, -0.1) is 0 Å². The smallest absolute Gasteiger partial charge is 0.0185 e. The van der Waals surface area contributed by atoms with Crippen LogP contribution in [0.3, 0.4) is 0 Å². The van der Waals surface area contributed by atoms with Gasteiger partial charge in [0.15, 0.2) is 0 Å². The summed E-state index contributed by atoms with van der Waals surface area (Å²) < 4.78 is 0. The third kappa shape index (κ3) is 4.34. The molecular weight excluding hydrogens is 178 g/mol. The van der Waals surface area contributed by atoms with Crippen LogP contribution in [0.4, 0.5) is 0 Å². The minimum atomic E-state index is 1.09. The molecule has 0 atom stereocenters. The van der Waals surface area contributed by atoms with Crippen molar-refractivity contribution in [2.75, 3.05) is 19.3 Å². The zero-order chi connectivity index (χ0) is 9.52. The molecule has 1 N–H and O–H groups in total. The third-order valence-corrected chi connectivity index (χ3v) is 2.88. The van der Waals surface area contributed by atoms with Gasteiger partial charge in [0.25, 0.3) is 0 Å². The number of rotatable bonds is 5. The highest BCUT2D eigenvalue weighted by molar-refractivity contribution is 7.98. The van der Waals surface area contributed by atoms with Gasteiger partial charge in [-0.1, -0.05) is 29.8 Å². The first-order valence-electron chi connectivity index (χ1n) is 4.61. The first kappa shape index (κ1) is 10.6. The second-order valence-electron chi connectivity index (χ2n) is 3.15. The van der Waals surface area contributed by atoms with Gasteiger partial charge in [0.1, 0.15) is 0 Å². The van der Waals surface area contributed by atoms with Crippen molar-refractivity contribution in [1.29, 1.82) is 0 Å². The van der Waals surface area contributed by atoms with E-state index in [0.717, 1.165) is 12.3 Å².